The number of nitrogens with one attached hydrogen (secondary N) is 1. The molecule has 2 rings (SSSR count). The van der Waals surface area contributed by atoms with Crippen molar-refractivity contribution in [3.63, 3.8) is 0 Å². The first-order valence-electron chi connectivity index (χ1n) is 6.55. The maximum Gasteiger partial charge on any atom is 0.339 e. The van der Waals surface area contributed by atoms with Crippen LogP contribution in [-0.2, 0) is 17.7 Å². The Morgan fingerprint density at radius 1 is 1.38 bits per heavy atom. The van der Waals surface area contributed by atoms with E-state index < -0.39 is 5.97 Å². The van der Waals surface area contributed by atoms with E-state index in [9.17, 15) is 4.79 Å². The van der Waals surface area contributed by atoms with Crippen molar-refractivity contribution < 1.29 is 14.6 Å². The van der Waals surface area contributed by atoms with Gasteiger partial charge in [-0.15, -0.1) is 0 Å². The number of carboxylic acids is 1. The molecule has 110 valence electrons. The molecule has 0 saturated heterocycles. The minimum absolute atomic E-state index is 0.111. The van der Waals surface area contributed by atoms with E-state index in [0.717, 1.165) is 17.7 Å². The summed E-state index contributed by atoms with van der Waals surface area (Å²) in [5.41, 5.74) is 2.63. The topological polar surface area (TPSA) is 84.3 Å². The SMILES string of the molecule is COCCc1ccccc1NCc1ncncc1C(=O)O. The van der Waals surface area contributed by atoms with E-state index in [4.69, 9.17) is 9.84 Å². The Bertz CT molecular complexity index is 617. The van der Waals surface area contributed by atoms with Gasteiger partial charge in [0, 0.05) is 19.0 Å². The van der Waals surface area contributed by atoms with Gasteiger partial charge in [-0.1, -0.05) is 18.2 Å². The van der Waals surface area contributed by atoms with Crippen LogP contribution in [0.2, 0.25) is 0 Å². The molecule has 2 N–H and O–H groups in total. The van der Waals surface area contributed by atoms with Crippen LogP contribution in [0.3, 0.4) is 0 Å². The number of para-hydroxylation sites is 1. The largest absolute Gasteiger partial charge is 0.478 e. The van der Waals surface area contributed by atoms with Crippen LogP contribution in [0.5, 0.6) is 0 Å². The molecule has 0 aliphatic carbocycles. The summed E-state index contributed by atoms with van der Waals surface area (Å²) in [6.07, 6.45) is 3.44. The predicted octanol–water partition coefficient (Wildman–Crippen LogP) is 1.98. The molecule has 0 radical (unpaired) electrons. The number of carboxylic acid groups (broad SMARTS) is 1. The third kappa shape index (κ3) is 4.00. The van der Waals surface area contributed by atoms with E-state index in [1.54, 1.807) is 7.11 Å². The molecule has 0 saturated carbocycles. The smallest absolute Gasteiger partial charge is 0.339 e. The molecule has 0 spiro atoms. The van der Waals surface area contributed by atoms with Gasteiger partial charge in [0.2, 0.25) is 0 Å². The zero-order chi connectivity index (χ0) is 15.1. The van der Waals surface area contributed by atoms with Crippen LogP contribution in [0.25, 0.3) is 0 Å². The van der Waals surface area contributed by atoms with Crippen molar-refractivity contribution >= 4 is 11.7 Å². The molecule has 1 heterocycles. The van der Waals surface area contributed by atoms with E-state index in [1.807, 2.05) is 24.3 Å². The Morgan fingerprint density at radius 3 is 2.95 bits per heavy atom. The average Bonchev–Trinajstić information content (AvgIpc) is 2.52. The number of nitrogens with zero attached hydrogens (tertiary/aromatic N) is 2. The minimum atomic E-state index is -1.03. The van der Waals surface area contributed by atoms with Gasteiger partial charge in [0.15, 0.2) is 0 Å². The quantitative estimate of drug-likeness (QED) is 0.810. The van der Waals surface area contributed by atoms with E-state index in [2.05, 4.69) is 15.3 Å². The van der Waals surface area contributed by atoms with Crippen LogP contribution in [0.1, 0.15) is 21.6 Å². The van der Waals surface area contributed by atoms with Crippen LogP contribution < -0.4 is 5.32 Å². The Labute approximate surface area is 122 Å². The van der Waals surface area contributed by atoms with Crippen molar-refractivity contribution in [2.45, 2.75) is 13.0 Å². The van der Waals surface area contributed by atoms with Gasteiger partial charge in [0.1, 0.15) is 11.9 Å². The van der Waals surface area contributed by atoms with Crippen LogP contribution in [0.15, 0.2) is 36.8 Å². The van der Waals surface area contributed by atoms with Crippen molar-refractivity contribution in [3.8, 4) is 0 Å². The maximum atomic E-state index is 11.1. The molecule has 0 aliphatic heterocycles. The van der Waals surface area contributed by atoms with Gasteiger partial charge >= 0.3 is 5.97 Å². The second-order valence-corrected chi connectivity index (χ2v) is 4.44. The standard InChI is InChI=1S/C15H17N3O3/c1-21-7-6-11-4-2-3-5-13(11)17-9-14-12(15(19)20)8-16-10-18-14/h2-5,8,10,17H,6-7,9H2,1H3,(H,19,20). The molecule has 1 aromatic carbocycles. The van der Waals surface area contributed by atoms with Crippen molar-refractivity contribution in [3.05, 3.63) is 53.6 Å². The minimum Gasteiger partial charge on any atom is -0.478 e. The number of aromatic nitrogens is 2. The molecular weight excluding hydrogens is 270 g/mol. The Morgan fingerprint density at radius 2 is 2.19 bits per heavy atom. The lowest BCUT2D eigenvalue weighted by molar-refractivity contribution is 0.0694. The molecule has 0 bridgehead atoms. The fourth-order valence-electron chi connectivity index (χ4n) is 1.98. The fraction of sp³-hybridized carbons (Fsp3) is 0.267. The van der Waals surface area contributed by atoms with E-state index in [0.29, 0.717) is 18.8 Å². The van der Waals surface area contributed by atoms with Gasteiger partial charge in [0.05, 0.1) is 18.8 Å². The van der Waals surface area contributed by atoms with Gasteiger partial charge in [-0.3, -0.25) is 0 Å². The summed E-state index contributed by atoms with van der Waals surface area (Å²) in [6, 6.07) is 7.85. The first-order chi connectivity index (χ1) is 10.2. The monoisotopic (exact) mass is 287 g/mol. The van der Waals surface area contributed by atoms with Crippen molar-refractivity contribution in [1.29, 1.82) is 0 Å². The highest BCUT2D eigenvalue weighted by molar-refractivity contribution is 5.88. The zero-order valence-electron chi connectivity index (χ0n) is 11.7. The number of anilines is 1. The van der Waals surface area contributed by atoms with Crippen molar-refractivity contribution in [2.75, 3.05) is 19.0 Å². The number of carbonyl (C=O) groups is 1. The number of hydrogen-bond acceptors (Lipinski definition) is 5. The number of benzene rings is 1. The van der Waals surface area contributed by atoms with Crippen LogP contribution in [0.4, 0.5) is 5.69 Å². The van der Waals surface area contributed by atoms with Gasteiger partial charge in [-0.2, -0.15) is 0 Å². The Kier molecular flexibility index (Phi) is 5.22. The lowest BCUT2D eigenvalue weighted by Crippen LogP contribution is -2.11. The summed E-state index contributed by atoms with van der Waals surface area (Å²) < 4.78 is 5.09. The fourth-order valence-corrected chi connectivity index (χ4v) is 1.98. The molecule has 0 atom stereocenters. The first-order valence-corrected chi connectivity index (χ1v) is 6.55. The highest BCUT2D eigenvalue weighted by Crippen LogP contribution is 2.17. The summed E-state index contributed by atoms with van der Waals surface area (Å²) in [6.45, 7) is 0.959. The maximum absolute atomic E-state index is 11.1. The van der Waals surface area contributed by atoms with Gasteiger partial charge in [0.25, 0.3) is 0 Å². The highest BCUT2D eigenvalue weighted by Gasteiger charge is 2.11. The molecule has 6 nitrogen and oxygen atoms in total. The third-order valence-corrected chi connectivity index (χ3v) is 3.06. The van der Waals surface area contributed by atoms with Crippen molar-refractivity contribution in [2.24, 2.45) is 0 Å². The molecule has 0 fully saturated rings. The molecule has 21 heavy (non-hydrogen) atoms. The van der Waals surface area contributed by atoms with Gasteiger partial charge < -0.3 is 15.2 Å². The number of aromatic carboxylic acids is 1. The second-order valence-electron chi connectivity index (χ2n) is 4.44. The Hall–Kier alpha value is -2.47. The van der Waals surface area contributed by atoms with Gasteiger partial charge in [-0.25, -0.2) is 14.8 Å². The number of hydrogen-bond donors (Lipinski definition) is 2. The summed E-state index contributed by atoms with van der Waals surface area (Å²) in [5, 5.41) is 12.3. The van der Waals surface area contributed by atoms with Gasteiger partial charge in [-0.05, 0) is 18.1 Å². The molecule has 2 aromatic rings. The number of rotatable bonds is 7. The molecule has 0 aliphatic rings. The predicted molar refractivity (Wildman–Crippen MR) is 78.3 cm³/mol. The second kappa shape index (κ2) is 7.35. The van der Waals surface area contributed by atoms with Crippen LogP contribution in [-0.4, -0.2) is 34.8 Å². The highest BCUT2D eigenvalue weighted by atomic mass is 16.5. The first kappa shape index (κ1) is 14.9. The average molecular weight is 287 g/mol. The number of ether oxygens (including phenoxy) is 1. The van der Waals surface area contributed by atoms with E-state index in [-0.39, 0.29) is 5.56 Å². The van der Waals surface area contributed by atoms with Crippen LogP contribution in [0, 0.1) is 0 Å². The molecule has 0 unspecified atom stereocenters. The molecule has 1 aromatic heterocycles. The lowest BCUT2D eigenvalue weighted by atomic mass is 10.1. The summed E-state index contributed by atoms with van der Waals surface area (Å²) >= 11 is 0. The molecule has 6 heteroatoms. The summed E-state index contributed by atoms with van der Waals surface area (Å²) in [5.74, 6) is -1.03. The summed E-state index contributed by atoms with van der Waals surface area (Å²) in [4.78, 5) is 18.9. The number of methoxy groups -OCH3 is 1. The normalized spacial score (nSPS) is 10.3. The summed E-state index contributed by atoms with van der Waals surface area (Å²) in [7, 11) is 1.66. The van der Waals surface area contributed by atoms with Crippen molar-refractivity contribution in [1.82, 2.24) is 9.97 Å². The zero-order valence-corrected chi connectivity index (χ0v) is 11.7. The lowest BCUT2D eigenvalue weighted by Gasteiger charge is -2.12. The molecular formula is C15H17N3O3. The van der Waals surface area contributed by atoms with E-state index >= 15 is 0 Å². The molecule has 0 amide bonds. The Balaban J connectivity index is 2.12. The van der Waals surface area contributed by atoms with Crippen LogP contribution >= 0.6 is 0 Å². The van der Waals surface area contributed by atoms with E-state index in [1.165, 1.54) is 12.5 Å². The third-order valence-electron chi connectivity index (χ3n) is 3.06.